The second-order valence-electron chi connectivity index (χ2n) is 7.59. The van der Waals surface area contributed by atoms with Crippen molar-refractivity contribution in [3.05, 3.63) is 78.1 Å². The van der Waals surface area contributed by atoms with Crippen LogP contribution in [-0.4, -0.2) is 40.5 Å². The summed E-state index contributed by atoms with van der Waals surface area (Å²) in [6.45, 7) is 7.77. The maximum Gasteiger partial charge on any atom is 0.0271 e. The van der Waals surface area contributed by atoms with Gasteiger partial charge in [-0.2, -0.15) is 0 Å². The SMILES string of the molecule is CCN1CCC[C@H]1CN(Cc1ccncc1)Cc1cccc2ccccc12. The first-order valence-electron chi connectivity index (χ1n) is 10.2. The van der Waals surface area contributed by atoms with Crippen molar-refractivity contribution in [2.75, 3.05) is 19.6 Å². The summed E-state index contributed by atoms with van der Waals surface area (Å²) >= 11 is 0. The monoisotopic (exact) mass is 359 g/mol. The van der Waals surface area contributed by atoms with E-state index in [9.17, 15) is 0 Å². The first kappa shape index (κ1) is 18.1. The molecule has 0 unspecified atom stereocenters. The van der Waals surface area contributed by atoms with Gasteiger partial charge in [0, 0.05) is 38.1 Å². The van der Waals surface area contributed by atoms with Crippen LogP contribution >= 0.6 is 0 Å². The number of likely N-dealkylation sites (tertiary alicyclic amines) is 1. The summed E-state index contributed by atoms with van der Waals surface area (Å²) in [4.78, 5) is 9.44. The minimum absolute atomic E-state index is 0.673. The number of likely N-dealkylation sites (N-methyl/N-ethyl adjacent to an activating group) is 1. The summed E-state index contributed by atoms with van der Waals surface area (Å²) < 4.78 is 0. The van der Waals surface area contributed by atoms with Gasteiger partial charge in [-0.25, -0.2) is 0 Å². The lowest BCUT2D eigenvalue weighted by Gasteiger charge is -2.30. The second-order valence-corrected chi connectivity index (χ2v) is 7.59. The molecule has 27 heavy (non-hydrogen) atoms. The molecule has 1 aliphatic heterocycles. The molecule has 2 heterocycles. The van der Waals surface area contributed by atoms with Gasteiger partial charge in [0.15, 0.2) is 0 Å². The molecule has 0 N–H and O–H groups in total. The first-order chi connectivity index (χ1) is 13.3. The Kier molecular flexibility index (Phi) is 5.81. The Hall–Kier alpha value is -2.23. The molecule has 1 aliphatic rings. The van der Waals surface area contributed by atoms with Crippen LogP contribution in [0, 0.1) is 0 Å². The fourth-order valence-corrected chi connectivity index (χ4v) is 4.42. The molecule has 2 aromatic carbocycles. The van der Waals surface area contributed by atoms with Gasteiger partial charge in [0.1, 0.15) is 0 Å². The van der Waals surface area contributed by atoms with E-state index in [0.29, 0.717) is 6.04 Å². The largest absolute Gasteiger partial charge is 0.299 e. The Morgan fingerprint density at radius 2 is 1.81 bits per heavy atom. The van der Waals surface area contributed by atoms with Crippen LogP contribution in [0.4, 0.5) is 0 Å². The third kappa shape index (κ3) is 4.37. The van der Waals surface area contributed by atoms with Crippen LogP contribution in [0.1, 0.15) is 30.9 Å². The number of pyridine rings is 1. The van der Waals surface area contributed by atoms with Crippen LogP contribution in [0.5, 0.6) is 0 Å². The Labute approximate surface area is 162 Å². The molecule has 140 valence electrons. The summed E-state index contributed by atoms with van der Waals surface area (Å²) in [6.07, 6.45) is 6.45. The van der Waals surface area contributed by atoms with Crippen molar-refractivity contribution >= 4 is 10.8 Å². The zero-order valence-electron chi connectivity index (χ0n) is 16.2. The molecule has 0 saturated carbocycles. The summed E-state index contributed by atoms with van der Waals surface area (Å²) in [5.74, 6) is 0. The molecule has 0 amide bonds. The van der Waals surface area contributed by atoms with Crippen molar-refractivity contribution in [1.82, 2.24) is 14.8 Å². The van der Waals surface area contributed by atoms with Crippen molar-refractivity contribution in [2.24, 2.45) is 0 Å². The Balaban J connectivity index is 1.58. The standard InChI is InChI=1S/C24H29N3/c1-2-27-16-6-10-23(27)19-26(17-20-12-14-25-15-13-20)18-22-9-5-8-21-7-3-4-11-24(21)22/h3-5,7-9,11-15,23H,2,6,10,16-19H2,1H3/t23-/m0/s1. The fraction of sp³-hybridized carbons (Fsp3) is 0.375. The van der Waals surface area contributed by atoms with E-state index in [4.69, 9.17) is 0 Å². The number of fused-ring (bicyclic) bond motifs is 1. The molecule has 1 aromatic heterocycles. The van der Waals surface area contributed by atoms with Crippen molar-refractivity contribution in [2.45, 2.75) is 38.9 Å². The quantitative estimate of drug-likeness (QED) is 0.608. The van der Waals surface area contributed by atoms with Crippen molar-refractivity contribution in [1.29, 1.82) is 0 Å². The van der Waals surface area contributed by atoms with Crippen molar-refractivity contribution in [3.63, 3.8) is 0 Å². The maximum atomic E-state index is 4.18. The number of hydrogen-bond acceptors (Lipinski definition) is 3. The number of aromatic nitrogens is 1. The Morgan fingerprint density at radius 1 is 1.00 bits per heavy atom. The average Bonchev–Trinajstić information content (AvgIpc) is 3.16. The van der Waals surface area contributed by atoms with Gasteiger partial charge in [-0.3, -0.25) is 14.8 Å². The number of rotatable bonds is 7. The molecule has 0 radical (unpaired) electrons. The zero-order valence-corrected chi connectivity index (χ0v) is 16.2. The van der Waals surface area contributed by atoms with E-state index in [-0.39, 0.29) is 0 Å². The average molecular weight is 360 g/mol. The highest BCUT2D eigenvalue weighted by molar-refractivity contribution is 5.85. The predicted molar refractivity (Wildman–Crippen MR) is 113 cm³/mol. The highest BCUT2D eigenvalue weighted by Crippen LogP contribution is 2.23. The van der Waals surface area contributed by atoms with Gasteiger partial charge >= 0.3 is 0 Å². The second kappa shape index (κ2) is 8.64. The van der Waals surface area contributed by atoms with Gasteiger partial charge in [-0.05, 0) is 60.0 Å². The topological polar surface area (TPSA) is 19.4 Å². The molecule has 1 atom stereocenters. The zero-order chi connectivity index (χ0) is 18.5. The third-order valence-electron chi connectivity index (χ3n) is 5.80. The van der Waals surface area contributed by atoms with Crippen LogP contribution in [-0.2, 0) is 13.1 Å². The summed E-state index contributed by atoms with van der Waals surface area (Å²) in [6, 6.07) is 20.4. The molecule has 3 aromatic rings. The lowest BCUT2D eigenvalue weighted by atomic mass is 10.0. The van der Waals surface area contributed by atoms with Crippen LogP contribution in [0.3, 0.4) is 0 Å². The minimum Gasteiger partial charge on any atom is -0.299 e. The normalized spacial score (nSPS) is 17.8. The van der Waals surface area contributed by atoms with Gasteiger partial charge in [-0.15, -0.1) is 0 Å². The third-order valence-corrected chi connectivity index (χ3v) is 5.80. The van der Waals surface area contributed by atoms with E-state index >= 15 is 0 Å². The molecular weight excluding hydrogens is 330 g/mol. The first-order valence-corrected chi connectivity index (χ1v) is 10.2. The number of nitrogens with zero attached hydrogens (tertiary/aromatic N) is 3. The van der Waals surface area contributed by atoms with E-state index in [0.717, 1.165) is 26.2 Å². The molecule has 0 bridgehead atoms. The smallest absolute Gasteiger partial charge is 0.0271 e. The molecular formula is C24H29N3. The molecule has 1 fully saturated rings. The van der Waals surface area contributed by atoms with Gasteiger partial charge < -0.3 is 0 Å². The molecule has 3 nitrogen and oxygen atoms in total. The molecule has 3 heteroatoms. The van der Waals surface area contributed by atoms with E-state index < -0.39 is 0 Å². The molecule has 0 spiro atoms. The van der Waals surface area contributed by atoms with Gasteiger partial charge in [0.2, 0.25) is 0 Å². The van der Waals surface area contributed by atoms with E-state index in [1.54, 1.807) is 0 Å². The summed E-state index contributed by atoms with van der Waals surface area (Å²) in [5.41, 5.74) is 2.76. The van der Waals surface area contributed by atoms with E-state index in [1.165, 1.54) is 41.3 Å². The number of benzene rings is 2. The van der Waals surface area contributed by atoms with Crippen LogP contribution in [0.15, 0.2) is 67.0 Å². The predicted octanol–water partition coefficient (Wildman–Crippen LogP) is 4.72. The van der Waals surface area contributed by atoms with Crippen molar-refractivity contribution in [3.8, 4) is 0 Å². The van der Waals surface area contributed by atoms with Crippen LogP contribution in [0.2, 0.25) is 0 Å². The molecule has 0 aliphatic carbocycles. The molecule has 4 rings (SSSR count). The van der Waals surface area contributed by atoms with Crippen LogP contribution < -0.4 is 0 Å². The summed E-state index contributed by atoms with van der Waals surface area (Å²) in [5, 5.41) is 2.70. The minimum atomic E-state index is 0.673. The van der Waals surface area contributed by atoms with Crippen LogP contribution in [0.25, 0.3) is 10.8 Å². The van der Waals surface area contributed by atoms with E-state index in [2.05, 4.69) is 76.3 Å². The van der Waals surface area contributed by atoms with E-state index in [1.807, 2.05) is 12.4 Å². The lowest BCUT2D eigenvalue weighted by molar-refractivity contribution is 0.166. The maximum absolute atomic E-state index is 4.18. The Morgan fingerprint density at radius 3 is 2.67 bits per heavy atom. The lowest BCUT2D eigenvalue weighted by Crippen LogP contribution is -2.39. The van der Waals surface area contributed by atoms with Gasteiger partial charge in [-0.1, -0.05) is 49.4 Å². The number of hydrogen-bond donors (Lipinski definition) is 0. The highest BCUT2D eigenvalue weighted by atomic mass is 15.2. The fourth-order valence-electron chi connectivity index (χ4n) is 4.42. The highest BCUT2D eigenvalue weighted by Gasteiger charge is 2.25. The van der Waals surface area contributed by atoms with Crippen molar-refractivity contribution < 1.29 is 0 Å². The van der Waals surface area contributed by atoms with Gasteiger partial charge in [0.25, 0.3) is 0 Å². The van der Waals surface area contributed by atoms with Gasteiger partial charge in [0.05, 0.1) is 0 Å². The summed E-state index contributed by atoms with van der Waals surface area (Å²) in [7, 11) is 0. The molecule has 1 saturated heterocycles. The Bertz CT molecular complexity index is 856.